The zero-order valence-corrected chi connectivity index (χ0v) is 13.0. The highest BCUT2D eigenvalue weighted by molar-refractivity contribution is 5.11. The first-order valence-corrected chi connectivity index (χ1v) is 7.75. The first-order chi connectivity index (χ1) is 11.7. The topological polar surface area (TPSA) is 103 Å². The van der Waals surface area contributed by atoms with Crippen LogP contribution in [0.3, 0.4) is 0 Å². The second-order valence-electron chi connectivity index (χ2n) is 5.99. The van der Waals surface area contributed by atoms with E-state index in [9.17, 15) is 27.9 Å². The van der Waals surface area contributed by atoms with Crippen molar-refractivity contribution in [3.63, 3.8) is 0 Å². The van der Waals surface area contributed by atoms with E-state index in [-0.39, 0.29) is 19.4 Å². The Morgan fingerprint density at radius 3 is 2.52 bits per heavy atom. The van der Waals surface area contributed by atoms with E-state index >= 15 is 0 Å². The van der Waals surface area contributed by atoms with Crippen LogP contribution >= 0.6 is 0 Å². The molecular formula is C14H17F3N2O6. The summed E-state index contributed by atoms with van der Waals surface area (Å²) in [6.45, 7) is -0.318. The van der Waals surface area contributed by atoms with Crippen LogP contribution in [0.2, 0.25) is 0 Å². The fourth-order valence-electron chi connectivity index (χ4n) is 3.06. The van der Waals surface area contributed by atoms with E-state index in [0.717, 1.165) is 0 Å². The van der Waals surface area contributed by atoms with Crippen LogP contribution in [0.4, 0.5) is 13.2 Å². The van der Waals surface area contributed by atoms with E-state index in [1.54, 1.807) is 0 Å². The molecule has 3 heterocycles. The first kappa shape index (κ1) is 18.1. The Morgan fingerprint density at radius 2 is 2.00 bits per heavy atom. The van der Waals surface area contributed by atoms with E-state index in [4.69, 9.17) is 14.6 Å². The van der Waals surface area contributed by atoms with Crippen molar-refractivity contribution in [2.45, 2.75) is 50.1 Å². The molecule has 2 aliphatic heterocycles. The van der Waals surface area contributed by atoms with E-state index in [0.29, 0.717) is 21.8 Å². The van der Waals surface area contributed by atoms with Gasteiger partial charge in [-0.25, -0.2) is 9.36 Å². The number of halogens is 3. The summed E-state index contributed by atoms with van der Waals surface area (Å²) in [6.07, 6.45) is -8.47. The molecule has 3 rings (SSSR count). The predicted octanol–water partition coefficient (Wildman–Crippen LogP) is -0.0215. The molecule has 11 heteroatoms. The van der Waals surface area contributed by atoms with Gasteiger partial charge in [0.2, 0.25) is 0 Å². The van der Waals surface area contributed by atoms with Gasteiger partial charge in [-0.2, -0.15) is 13.2 Å². The van der Waals surface area contributed by atoms with Crippen molar-refractivity contribution in [2.24, 2.45) is 0 Å². The normalized spacial score (nSPS) is 30.1. The van der Waals surface area contributed by atoms with Crippen LogP contribution in [0.25, 0.3) is 0 Å². The molecule has 0 saturated carbocycles. The average Bonchev–Trinajstić information content (AvgIpc) is 3.16. The molecule has 140 valence electrons. The molecule has 0 bridgehead atoms. The minimum absolute atomic E-state index is 0.188. The van der Waals surface area contributed by atoms with E-state index < -0.39 is 54.3 Å². The van der Waals surface area contributed by atoms with Crippen LogP contribution in [0.5, 0.6) is 0 Å². The molecule has 2 aliphatic rings. The Balaban J connectivity index is 2.14. The molecule has 2 saturated heterocycles. The van der Waals surface area contributed by atoms with Gasteiger partial charge in [0.15, 0.2) is 0 Å². The summed E-state index contributed by atoms with van der Waals surface area (Å²) in [4.78, 5) is 24.8. The maximum absolute atomic E-state index is 13.2. The Bertz CT molecular complexity index is 752. The average molecular weight is 366 g/mol. The molecule has 1 aromatic heterocycles. The van der Waals surface area contributed by atoms with Gasteiger partial charge in [0.1, 0.15) is 24.1 Å². The Kier molecular flexibility index (Phi) is 4.75. The second-order valence-corrected chi connectivity index (χ2v) is 5.99. The fourth-order valence-corrected chi connectivity index (χ4v) is 3.06. The third-order valence-electron chi connectivity index (χ3n) is 4.34. The van der Waals surface area contributed by atoms with E-state index in [1.165, 1.54) is 0 Å². The molecule has 0 radical (unpaired) electrons. The minimum Gasteiger partial charge on any atom is -0.394 e. The number of hydrogen-bond donors (Lipinski definition) is 2. The summed E-state index contributed by atoms with van der Waals surface area (Å²) in [5.74, 6) is 0. The number of aliphatic hydroxyl groups excluding tert-OH is 2. The number of hydrogen-bond acceptors (Lipinski definition) is 6. The van der Waals surface area contributed by atoms with Crippen LogP contribution in [-0.4, -0.2) is 44.8 Å². The second kappa shape index (κ2) is 6.56. The number of rotatable bonds is 3. The smallest absolute Gasteiger partial charge is 0.394 e. The molecular weight excluding hydrogens is 349 g/mol. The largest absolute Gasteiger partial charge is 0.423 e. The number of ether oxygens (including phenoxy) is 2. The van der Waals surface area contributed by atoms with Gasteiger partial charge in [-0.05, 0) is 12.8 Å². The Hall–Kier alpha value is -1.69. The van der Waals surface area contributed by atoms with Crippen LogP contribution in [-0.2, 0) is 15.7 Å². The third kappa shape index (κ3) is 3.24. The van der Waals surface area contributed by atoms with Crippen LogP contribution in [0.15, 0.2) is 15.8 Å². The van der Waals surface area contributed by atoms with Crippen molar-refractivity contribution in [2.75, 3.05) is 13.2 Å². The van der Waals surface area contributed by atoms with Gasteiger partial charge in [-0.3, -0.25) is 9.36 Å². The van der Waals surface area contributed by atoms with Gasteiger partial charge >= 0.3 is 11.9 Å². The van der Waals surface area contributed by atoms with Crippen LogP contribution in [0.1, 0.15) is 37.3 Å². The fraction of sp³-hybridized carbons (Fsp3) is 0.714. The summed E-state index contributed by atoms with van der Waals surface area (Å²) >= 11 is 0. The lowest BCUT2D eigenvalue weighted by molar-refractivity contribution is -0.140. The Morgan fingerprint density at radius 1 is 1.28 bits per heavy atom. The number of aromatic nitrogens is 2. The Labute approximate surface area is 139 Å². The summed E-state index contributed by atoms with van der Waals surface area (Å²) in [6, 6.07) is 0. The molecule has 0 aliphatic carbocycles. The van der Waals surface area contributed by atoms with E-state index in [2.05, 4.69) is 0 Å². The lowest BCUT2D eigenvalue weighted by atomic mass is 10.2. The standard InChI is InChI=1S/C14H17F3N2O6/c15-14(16,17)7-5-18(11-4-8(21)9(6-20)25-11)13(23)19(12(7)22)10-2-1-3-24-10/h5,8-11,20-21H,1-4,6H2/t8-,9+,10?,11+/m0/s1. The van der Waals surface area contributed by atoms with Crippen LogP contribution < -0.4 is 11.2 Å². The van der Waals surface area contributed by atoms with Gasteiger partial charge in [-0.15, -0.1) is 0 Å². The molecule has 0 amide bonds. The zero-order chi connectivity index (χ0) is 18.4. The monoisotopic (exact) mass is 366 g/mol. The maximum Gasteiger partial charge on any atom is 0.423 e. The SMILES string of the molecule is O=c1c(C(F)(F)F)cn([C@H]2C[C@H](O)[C@@H](CO)O2)c(=O)n1C1CCCO1. The van der Waals surface area contributed by atoms with Crippen molar-refractivity contribution in [3.8, 4) is 0 Å². The number of alkyl halides is 3. The van der Waals surface area contributed by atoms with Gasteiger partial charge < -0.3 is 19.7 Å². The number of aliphatic hydroxyl groups is 2. The summed E-state index contributed by atoms with van der Waals surface area (Å²) < 4.78 is 51.2. The maximum atomic E-state index is 13.2. The third-order valence-corrected chi connectivity index (χ3v) is 4.34. The molecule has 2 N–H and O–H groups in total. The molecule has 25 heavy (non-hydrogen) atoms. The van der Waals surface area contributed by atoms with Crippen molar-refractivity contribution >= 4 is 0 Å². The van der Waals surface area contributed by atoms with Crippen molar-refractivity contribution in [3.05, 3.63) is 32.6 Å². The predicted molar refractivity (Wildman–Crippen MR) is 75.8 cm³/mol. The van der Waals surface area contributed by atoms with Crippen LogP contribution in [0, 0.1) is 0 Å². The van der Waals surface area contributed by atoms with Gasteiger partial charge in [0.05, 0.1) is 12.7 Å². The van der Waals surface area contributed by atoms with Crippen molar-refractivity contribution in [1.82, 2.24) is 9.13 Å². The molecule has 0 aromatic carbocycles. The molecule has 1 unspecified atom stereocenters. The molecule has 4 atom stereocenters. The summed E-state index contributed by atoms with van der Waals surface area (Å²) in [5.41, 5.74) is -4.01. The lowest BCUT2D eigenvalue weighted by Gasteiger charge is -2.21. The summed E-state index contributed by atoms with van der Waals surface area (Å²) in [5, 5.41) is 18.9. The van der Waals surface area contributed by atoms with Gasteiger partial charge in [-0.1, -0.05) is 0 Å². The molecule has 1 aromatic rings. The molecule has 8 nitrogen and oxygen atoms in total. The van der Waals surface area contributed by atoms with Crippen molar-refractivity contribution in [1.29, 1.82) is 0 Å². The van der Waals surface area contributed by atoms with Crippen molar-refractivity contribution < 1.29 is 32.9 Å². The first-order valence-electron chi connectivity index (χ1n) is 7.75. The highest BCUT2D eigenvalue weighted by Gasteiger charge is 2.41. The van der Waals surface area contributed by atoms with E-state index in [1.807, 2.05) is 0 Å². The quantitative estimate of drug-likeness (QED) is 0.779. The van der Waals surface area contributed by atoms with Gasteiger partial charge in [0.25, 0.3) is 5.56 Å². The summed E-state index contributed by atoms with van der Waals surface area (Å²) in [7, 11) is 0. The highest BCUT2D eigenvalue weighted by Crippen LogP contribution is 2.31. The highest BCUT2D eigenvalue weighted by atomic mass is 19.4. The van der Waals surface area contributed by atoms with Gasteiger partial charge in [0, 0.05) is 19.2 Å². The lowest BCUT2D eigenvalue weighted by Crippen LogP contribution is -2.46. The molecule has 0 spiro atoms. The minimum atomic E-state index is -4.97. The zero-order valence-electron chi connectivity index (χ0n) is 13.0. The molecule has 2 fully saturated rings. The number of nitrogens with zero attached hydrogens (tertiary/aromatic N) is 2.